The van der Waals surface area contributed by atoms with Gasteiger partial charge in [-0.3, -0.25) is 9.78 Å². The molecule has 49 heavy (non-hydrogen) atoms. The molecule has 2 aromatic carbocycles. The lowest BCUT2D eigenvalue weighted by atomic mass is 9.93. The number of aliphatic hydroxyl groups is 1. The molecule has 0 aliphatic heterocycles. The molecule has 6 N–H and O–H groups in total. The Kier molecular flexibility index (Phi) is 13.9. The molecule has 0 aliphatic rings. The molecular weight excluding hydrogens is 643 g/mol. The van der Waals surface area contributed by atoms with Crippen molar-refractivity contribution in [2.45, 2.75) is 70.5 Å². The average Bonchev–Trinajstić information content (AvgIpc) is 3.50. The van der Waals surface area contributed by atoms with E-state index in [1.807, 2.05) is 80.6 Å². The first kappa shape index (κ1) is 36.8. The van der Waals surface area contributed by atoms with Gasteiger partial charge in [0, 0.05) is 36.4 Å². The SMILES string of the molecule is CC(C)[C@H](NC(=O)N(C)Cc1csc(N)n1)C(=O)N[C@@H](Cc1ccccc1)[C@@H](O)C[C@H](Cc1ccccc1)NC(=O)OCc1cccnc1. The lowest BCUT2D eigenvalue weighted by Crippen LogP contribution is -2.57. The molecule has 2 aromatic heterocycles. The number of carbonyl (C=O) groups excluding carboxylic acids is 3. The van der Waals surface area contributed by atoms with Crippen LogP contribution >= 0.6 is 11.3 Å². The van der Waals surface area contributed by atoms with E-state index in [4.69, 9.17) is 10.5 Å². The van der Waals surface area contributed by atoms with Crippen LogP contribution < -0.4 is 21.7 Å². The number of urea groups is 1. The minimum atomic E-state index is -1.07. The number of thiazole rings is 1. The zero-order chi connectivity index (χ0) is 35.2. The lowest BCUT2D eigenvalue weighted by Gasteiger charge is -2.31. The van der Waals surface area contributed by atoms with Gasteiger partial charge in [0.2, 0.25) is 5.91 Å². The van der Waals surface area contributed by atoms with Crippen molar-refractivity contribution in [3.8, 4) is 0 Å². The number of ether oxygens (including phenoxy) is 1. The predicted octanol–water partition coefficient (Wildman–Crippen LogP) is 4.30. The fourth-order valence-corrected chi connectivity index (χ4v) is 5.85. The maximum Gasteiger partial charge on any atom is 0.407 e. The van der Waals surface area contributed by atoms with Crippen LogP contribution in [0.5, 0.6) is 0 Å². The number of anilines is 1. The van der Waals surface area contributed by atoms with Gasteiger partial charge in [-0.05, 0) is 42.4 Å². The first-order valence-corrected chi connectivity index (χ1v) is 17.0. The summed E-state index contributed by atoms with van der Waals surface area (Å²) in [4.78, 5) is 49.5. The highest BCUT2D eigenvalue weighted by atomic mass is 32.1. The third-order valence-corrected chi connectivity index (χ3v) is 8.62. The highest BCUT2D eigenvalue weighted by Crippen LogP contribution is 2.16. The summed E-state index contributed by atoms with van der Waals surface area (Å²) >= 11 is 1.29. The fourth-order valence-electron chi connectivity index (χ4n) is 5.30. The van der Waals surface area contributed by atoms with Crippen LogP contribution in [0.3, 0.4) is 0 Å². The van der Waals surface area contributed by atoms with Gasteiger partial charge in [0.15, 0.2) is 5.13 Å². The Morgan fingerprint density at radius 2 is 1.57 bits per heavy atom. The van der Waals surface area contributed by atoms with Gasteiger partial charge in [-0.25, -0.2) is 14.6 Å². The second kappa shape index (κ2) is 18.5. The second-order valence-corrected chi connectivity index (χ2v) is 13.2. The third-order valence-electron chi connectivity index (χ3n) is 7.90. The highest BCUT2D eigenvalue weighted by Gasteiger charge is 2.31. The molecule has 260 valence electrons. The van der Waals surface area contributed by atoms with E-state index in [0.29, 0.717) is 23.7 Å². The van der Waals surface area contributed by atoms with Crippen molar-refractivity contribution in [1.29, 1.82) is 0 Å². The van der Waals surface area contributed by atoms with E-state index in [1.165, 1.54) is 16.2 Å². The summed E-state index contributed by atoms with van der Waals surface area (Å²) in [6.45, 7) is 3.94. The number of aliphatic hydroxyl groups excluding tert-OH is 1. The summed E-state index contributed by atoms with van der Waals surface area (Å²) in [7, 11) is 1.61. The Balaban J connectivity index is 1.47. The van der Waals surface area contributed by atoms with Gasteiger partial charge in [0.25, 0.3) is 0 Å². The Bertz CT molecular complexity index is 1610. The van der Waals surface area contributed by atoms with Crippen LogP contribution in [-0.4, -0.2) is 69.3 Å². The summed E-state index contributed by atoms with van der Waals surface area (Å²) in [6, 6.07) is 20.1. The molecule has 0 aliphatic carbocycles. The molecule has 4 aromatic rings. The maximum absolute atomic E-state index is 13.8. The number of alkyl carbamates (subject to hydrolysis) is 1. The summed E-state index contributed by atoms with van der Waals surface area (Å²) < 4.78 is 5.46. The molecular formula is C36H45N7O5S. The van der Waals surface area contributed by atoms with E-state index >= 15 is 0 Å². The molecule has 2 heterocycles. The number of benzene rings is 2. The minimum Gasteiger partial charge on any atom is -0.445 e. The Hall–Kier alpha value is -5.01. The number of rotatable bonds is 16. The number of pyridine rings is 1. The van der Waals surface area contributed by atoms with E-state index in [1.54, 1.807) is 30.9 Å². The van der Waals surface area contributed by atoms with Crippen LogP contribution in [0.4, 0.5) is 14.7 Å². The molecule has 4 amide bonds. The van der Waals surface area contributed by atoms with Crippen LogP contribution in [0.25, 0.3) is 0 Å². The topological polar surface area (TPSA) is 172 Å². The second-order valence-electron chi connectivity index (χ2n) is 12.3. The van der Waals surface area contributed by atoms with Gasteiger partial charge in [0.1, 0.15) is 12.6 Å². The van der Waals surface area contributed by atoms with Crippen LogP contribution in [0.15, 0.2) is 90.6 Å². The molecule has 0 saturated carbocycles. The number of nitrogen functional groups attached to an aromatic ring is 1. The van der Waals surface area contributed by atoms with Crippen molar-refractivity contribution in [2.24, 2.45) is 5.92 Å². The van der Waals surface area contributed by atoms with Crippen LogP contribution in [0, 0.1) is 5.92 Å². The molecule has 4 rings (SSSR count). The molecule has 0 radical (unpaired) electrons. The molecule has 4 atom stereocenters. The standard InChI is InChI=1S/C36H45N7O5S/c1-24(2)32(42-35(46)43(3)21-29-23-49-34(37)39-29)33(45)41-30(18-26-13-8-5-9-14-26)31(44)19-28(17-25-11-6-4-7-12-25)40-36(47)48-22-27-15-10-16-38-20-27/h4-16,20,23-24,28,30-32,44H,17-19,21-22H2,1-3H3,(H2,37,39)(H,40,47)(H,41,45)(H,42,46)/t28-,30-,31-,32-/m0/s1. The molecule has 0 unspecified atom stereocenters. The highest BCUT2D eigenvalue weighted by molar-refractivity contribution is 7.13. The Labute approximate surface area is 291 Å². The normalized spacial score (nSPS) is 13.5. The molecule has 0 bridgehead atoms. The summed E-state index contributed by atoms with van der Waals surface area (Å²) in [6.07, 6.45) is 2.42. The smallest absolute Gasteiger partial charge is 0.407 e. The number of nitrogens with two attached hydrogens (primary N) is 1. The van der Waals surface area contributed by atoms with Crippen molar-refractivity contribution in [1.82, 2.24) is 30.8 Å². The molecule has 0 fully saturated rings. The number of amides is 4. The van der Waals surface area contributed by atoms with E-state index in [9.17, 15) is 19.5 Å². The van der Waals surface area contributed by atoms with Crippen LogP contribution in [-0.2, 0) is 35.5 Å². The Morgan fingerprint density at radius 1 is 0.918 bits per heavy atom. The fraction of sp³-hybridized carbons (Fsp3) is 0.361. The monoisotopic (exact) mass is 687 g/mol. The summed E-state index contributed by atoms with van der Waals surface area (Å²) in [5, 5.41) is 22.7. The first-order chi connectivity index (χ1) is 23.6. The van der Waals surface area contributed by atoms with Gasteiger partial charge in [-0.15, -0.1) is 11.3 Å². The minimum absolute atomic E-state index is 0.0440. The average molecular weight is 688 g/mol. The van der Waals surface area contributed by atoms with Gasteiger partial charge in [-0.2, -0.15) is 0 Å². The van der Waals surface area contributed by atoms with E-state index < -0.39 is 42.3 Å². The zero-order valence-electron chi connectivity index (χ0n) is 28.0. The molecule has 13 heteroatoms. The zero-order valence-corrected chi connectivity index (χ0v) is 28.8. The number of hydrogen-bond donors (Lipinski definition) is 5. The maximum atomic E-state index is 13.8. The number of carbonyl (C=O) groups is 3. The van der Waals surface area contributed by atoms with Crippen molar-refractivity contribution in [2.75, 3.05) is 12.8 Å². The third kappa shape index (κ3) is 12.2. The largest absolute Gasteiger partial charge is 0.445 e. The van der Waals surface area contributed by atoms with Crippen molar-refractivity contribution in [3.05, 3.63) is 113 Å². The summed E-state index contributed by atoms with van der Waals surface area (Å²) in [5.41, 5.74) is 8.99. The Morgan fingerprint density at radius 3 is 2.16 bits per heavy atom. The van der Waals surface area contributed by atoms with Gasteiger partial charge < -0.3 is 36.4 Å². The van der Waals surface area contributed by atoms with Crippen molar-refractivity contribution >= 4 is 34.5 Å². The molecule has 0 saturated heterocycles. The lowest BCUT2D eigenvalue weighted by molar-refractivity contribution is -0.125. The number of hydrogen-bond acceptors (Lipinski definition) is 9. The molecule has 12 nitrogen and oxygen atoms in total. The number of nitrogens with one attached hydrogen (secondary N) is 3. The van der Waals surface area contributed by atoms with Crippen LogP contribution in [0.1, 0.15) is 42.7 Å². The predicted molar refractivity (Wildman–Crippen MR) is 189 cm³/mol. The van der Waals surface area contributed by atoms with Crippen molar-refractivity contribution in [3.63, 3.8) is 0 Å². The number of aromatic nitrogens is 2. The van der Waals surface area contributed by atoms with E-state index in [-0.39, 0.29) is 25.5 Å². The summed E-state index contributed by atoms with van der Waals surface area (Å²) in [5.74, 6) is -0.693. The van der Waals surface area contributed by atoms with E-state index in [0.717, 1.165) is 16.7 Å². The van der Waals surface area contributed by atoms with Crippen LogP contribution in [0.2, 0.25) is 0 Å². The van der Waals surface area contributed by atoms with Crippen molar-refractivity contribution < 1.29 is 24.2 Å². The molecule has 0 spiro atoms. The van der Waals surface area contributed by atoms with E-state index in [2.05, 4.69) is 25.9 Å². The van der Waals surface area contributed by atoms with Gasteiger partial charge in [0.05, 0.1) is 24.4 Å². The quantitative estimate of drug-likeness (QED) is 0.116. The van der Waals surface area contributed by atoms with Gasteiger partial charge >= 0.3 is 12.1 Å². The first-order valence-electron chi connectivity index (χ1n) is 16.2. The number of nitrogens with zero attached hydrogens (tertiary/aromatic N) is 3. The van der Waals surface area contributed by atoms with Gasteiger partial charge in [-0.1, -0.05) is 80.6 Å².